The highest BCUT2D eigenvalue weighted by Gasteiger charge is 2.20. The van der Waals surface area contributed by atoms with Gasteiger partial charge >= 0.3 is 25.2 Å². The summed E-state index contributed by atoms with van der Waals surface area (Å²) in [7, 11) is -6.00. The number of nitrogen functional groups attached to an aromatic ring is 1. The topological polar surface area (TPSA) is 84.4 Å². The molecule has 0 aliphatic heterocycles. The minimum atomic E-state index is -6.00. The Labute approximate surface area is 158 Å². The van der Waals surface area contributed by atoms with E-state index in [-0.39, 0.29) is 18.0 Å². The number of nitrogens with one attached hydrogen (secondary N) is 1. The number of ether oxygens (including phenoxy) is 2. The number of nitrogens with zero attached hydrogens (tertiary/aromatic N) is 2. The third-order valence-corrected chi connectivity index (χ3v) is 3.08. The first kappa shape index (κ1) is 20.9. The summed E-state index contributed by atoms with van der Waals surface area (Å²) in [5, 5.41) is 0. The molecule has 0 amide bonds. The van der Waals surface area contributed by atoms with Crippen LogP contribution < -0.4 is 20.2 Å². The van der Waals surface area contributed by atoms with Crippen LogP contribution in [0.25, 0.3) is 0 Å². The first-order chi connectivity index (χ1) is 13.3. The van der Waals surface area contributed by atoms with E-state index in [1.165, 1.54) is 0 Å². The van der Waals surface area contributed by atoms with Gasteiger partial charge in [0.1, 0.15) is 13.2 Å². The molecule has 0 aliphatic carbocycles. The maximum atomic E-state index is 9.75. The van der Waals surface area contributed by atoms with Crippen LogP contribution in [0.4, 0.5) is 23.2 Å². The van der Waals surface area contributed by atoms with Crippen molar-refractivity contribution in [3.8, 4) is 12.0 Å². The first-order valence-corrected chi connectivity index (χ1v) is 8.07. The van der Waals surface area contributed by atoms with Crippen molar-refractivity contribution in [1.82, 2.24) is 9.97 Å². The molecule has 28 heavy (non-hydrogen) atoms. The molecule has 3 N–H and O–H groups in total. The lowest BCUT2D eigenvalue weighted by Crippen LogP contribution is -2.19. The summed E-state index contributed by atoms with van der Waals surface area (Å²) in [6, 6.07) is 20.1. The molecule has 148 valence electrons. The number of aromatic nitrogens is 3. The van der Waals surface area contributed by atoms with Crippen molar-refractivity contribution >= 4 is 13.2 Å². The van der Waals surface area contributed by atoms with E-state index in [0.29, 0.717) is 13.2 Å². The molecule has 0 saturated heterocycles. The van der Waals surface area contributed by atoms with Crippen molar-refractivity contribution < 1.29 is 31.7 Å². The summed E-state index contributed by atoms with van der Waals surface area (Å²) >= 11 is 0. The van der Waals surface area contributed by atoms with Gasteiger partial charge in [0, 0.05) is 0 Å². The Hall–Kier alpha value is -3.37. The van der Waals surface area contributed by atoms with Gasteiger partial charge in [-0.3, -0.25) is 0 Å². The summed E-state index contributed by atoms with van der Waals surface area (Å²) in [5.74, 6) is 0.0925. The second-order valence-electron chi connectivity index (χ2n) is 5.36. The molecule has 11 heteroatoms. The van der Waals surface area contributed by atoms with Crippen LogP contribution in [0.5, 0.6) is 12.0 Å². The average Bonchev–Trinajstić information content (AvgIpc) is 2.65. The van der Waals surface area contributed by atoms with Gasteiger partial charge in [-0.2, -0.15) is 4.98 Å². The zero-order valence-electron chi connectivity index (χ0n) is 14.6. The Morgan fingerprint density at radius 2 is 1.11 bits per heavy atom. The Morgan fingerprint density at radius 1 is 0.750 bits per heavy atom. The molecule has 0 aliphatic rings. The molecule has 3 rings (SSSR count). The fourth-order valence-corrected chi connectivity index (χ4v) is 1.97. The van der Waals surface area contributed by atoms with E-state index < -0.39 is 7.25 Å². The molecular formula is C17H17BF4N4O2. The molecule has 1 aromatic heterocycles. The van der Waals surface area contributed by atoms with Crippen molar-refractivity contribution in [2.75, 3.05) is 5.73 Å². The van der Waals surface area contributed by atoms with Crippen LogP contribution >= 0.6 is 0 Å². The highest BCUT2D eigenvalue weighted by Crippen LogP contribution is 2.10. The second-order valence-corrected chi connectivity index (χ2v) is 5.36. The van der Waals surface area contributed by atoms with E-state index in [1.807, 2.05) is 60.7 Å². The zero-order valence-corrected chi connectivity index (χ0v) is 14.6. The van der Waals surface area contributed by atoms with Crippen molar-refractivity contribution in [2.45, 2.75) is 13.2 Å². The zero-order chi connectivity index (χ0) is 20.4. The van der Waals surface area contributed by atoms with E-state index in [2.05, 4.69) is 15.0 Å². The second kappa shape index (κ2) is 10.1. The summed E-state index contributed by atoms with van der Waals surface area (Å²) in [6.07, 6.45) is 0. The van der Waals surface area contributed by atoms with Crippen molar-refractivity contribution in [2.24, 2.45) is 0 Å². The lowest BCUT2D eigenvalue weighted by Gasteiger charge is -2.03. The number of benzene rings is 2. The van der Waals surface area contributed by atoms with Crippen LogP contribution in [0.3, 0.4) is 0 Å². The number of hydrogen-bond acceptors (Lipinski definition) is 5. The van der Waals surface area contributed by atoms with Gasteiger partial charge in [-0.1, -0.05) is 60.7 Å². The average molecular weight is 396 g/mol. The normalized spacial score (nSPS) is 10.6. The number of nitrogens with two attached hydrogens (primary N) is 1. The molecule has 3 aromatic rings. The van der Waals surface area contributed by atoms with E-state index in [4.69, 9.17) is 15.2 Å². The van der Waals surface area contributed by atoms with Gasteiger partial charge in [-0.25, -0.2) is 0 Å². The van der Waals surface area contributed by atoms with Gasteiger partial charge in [-0.15, -0.1) is 0 Å². The predicted octanol–water partition coefficient (Wildman–Crippen LogP) is 3.33. The summed E-state index contributed by atoms with van der Waals surface area (Å²) in [5.41, 5.74) is 7.76. The number of aromatic amines is 1. The SMILES string of the molecule is F[B-](F)(F)F.Nc1nc(OCc2ccccc2)[nH+]c(OCc2ccccc2)n1. The molecule has 6 nitrogen and oxygen atoms in total. The lowest BCUT2D eigenvalue weighted by atomic mass is 10.2. The van der Waals surface area contributed by atoms with Crippen LogP contribution in [-0.4, -0.2) is 17.2 Å². The van der Waals surface area contributed by atoms with Crippen molar-refractivity contribution in [3.05, 3.63) is 71.8 Å². The number of H-pyrrole nitrogens is 1. The van der Waals surface area contributed by atoms with Crippen LogP contribution in [0.2, 0.25) is 0 Å². The fraction of sp³-hybridized carbons (Fsp3) is 0.118. The Balaban J connectivity index is 0.000000500. The third kappa shape index (κ3) is 8.83. The van der Waals surface area contributed by atoms with Crippen LogP contribution in [-0.2, 0) is 13.2 Å². The Morgan fingerprint density at radius 3 is 1.46 bits per heavy atom. The third-order valence-electron chi connectivity index (χ3n) is 3.08. The summed E-state index contributed by atoms with van der Waals surface area (Å²) in [6.45, 7) is 0.762. The fourth-order valence-electron chi connectivity index (χ4n) is 1.97. The van der Waals surface area contributed by atoms with E-state index in [0.717, 1.165) is 11.1 Å². The number of halogens is 4. The molecule has 0 fully saturated rings. The number of rotatable bonds is 6. The monoisotopic (exact) mass is 396 g/mol. The van der Waals surface area contributed by atoms with Crippen LogP contribution in [0.1, 0.15) is 11.1 Å². The minimum Gasteiger partial charge on any atom is -0.436 e. The van der Waals surface area contributed by atoms with Gasteiger partial charge in [0.25, 0.3) is 0 Å². The molecule has 2 aromatic carbocycles. The summed E-state index contributed by atoms with van der Waals surface area (Å²) < 4.78 is 50.2. The maximum absolute atomic E-state index is 9.75. The molecule has 1 heterocycles. The molecule has 0 radical (unpaired) electrons. The van der Waals surface area contributed by atoms with Crippen LogP contribution in [0, 0.1) is 0 Å². The molecule has 0 bridgehead atoms. The molecular weight excluding hydrogens is 379 g/mol. The van der Waals surface area contributed by atoms with E-state index >= 15 is 0 Å². The molecule has 0 spiro atoms. The van der Waals surface area contributed by atoms with Crippen LogP contribution in [0.15, 0.2) is 60.7 Å². The van der Waals surface area contributed by atoms with Crippen molar-refractivity contribution in [1.29, 1.82) is 0 Å². The highest BCUT2D eigenvalue weighted by atomic mass is 19.5. The lowest BCUT2D eigenvalue weighted by molar-refractivity contribution is -0.420. The van der Waals surface area contributed by atoms with Gasteiger partial charge in [-0.05, 0) is 21.1 Å². The van der Waals surface area contributed by atoms with Crippen molar-refractivity contribution in [3.63, 3.8) is 0 Å². The Kier molecular flexibility index (Phi) is 7.55. The minimum absolute atomic E-state index is 0.0925. The predicted molar refractivity (Wildman–Crippen MR) is 94.7 cm³/mol. The largest absolute Gasteiger partial charge is 0.673 e. The number of anilines is 1. The molecule has 0 saturated carbocycles. The quantitative estimate of drug-likeness (QED) is 0.511. The van der Waals surface area contributed by atoms with Gasteiger partial charge < -0.3 is 32.5 Å². The van der Waals surface area contributed by atoms with E-state index in [1.54, 1.807) is 0 Å². The Bertz CT molecular complexity index is 787. The smallest absolute Gasteiger partial charge is 0.436 e. The highest BCUT2D eigenvalue weighted by molar-refractivity contribution is 6.50. The number of hydrogen-bond donors (Lipinski definition) is 1. The standard InChI is InChI=1S/C17H16N4O2.BF4/c18-15-19-16(22-11-13-7-3-1-4-8-13)21-17(20-15)23-12-14-9-5-2-6-10-14;2-1(3,4)5/h1-10H,11-12H2,(H2,18,19,20,21);/q;-1/p+1. The van der Waals surface area contributed by atoms with Gasteiger partial charge in [0.15, 0.2) is 0 Å². The van der Waals surface area contributed by atoms with Gasteiger partial charge in [0.2, 0.25) is 0 Å². The molecule has 0 atom stereocenters. The molecule has 0 unspecified atom stereocenters. The summed E-state index contributed by atoms with van der Waals surface area (Å²) in [4.78, 5) is 10.9. The van der Waals surface area contributed by atoms with E-state index in [9.17, 15) is 17.3 Å². The maximum Gasteiger partial charge on any atom is 0.673 e. The van der Waals surface area contributed by atoms with Gasteiger partial charge in [0.05, 0.1) is 0 Å². The first-order valence-electron chi connectivity index (χ1n) is 8.07.